The lowest BCUT2D eigenvalue weighted by atomic mass is 10.1. The van der Waals surface area contributed by atoms with Gasteiger partial charge in [-0.25, -0.2) is 4.79 Å². The van der Waals surface area contributed by atoms with Gasteiger partial charge in [0.1, 0.15) is 0 Å². The molecule has 7 nitrogen and oxygen atoms in total. The summed E-state index contributed by atoms with van der Waals surface area (Å²) in [6.45, 7) is 1.68. The van der Waals surface area contributed by atoms with Gasteiger partial charge in [0, 0.05) is 13.1 Å². The van der Waals surface area contributed by atoms with Crippen LogP contribution in [-0.2, 0) is 26.1 Å². The van der Waals surface area contributed by atoms with E-state index in [9.17, 15) is 31.2 Å². The second kappa shape index (κ2) is 9.90. The Balaban J connectivity index is 1.86. The van der Waals surface area contributed by atoms with Crippen molar-refractivity contribution in [1.29, 1.82) is 0 Å². The molecule has 1 aliphatic carbocycles. The van der Waals surface area contributed by atoms with Crippen LogP contribution in [0.3, 0.4) is 0 Å². The zero-order valence-corrected chi connectivity index (χ0v) is 19.1. The summed E-state index contributed by atoms with van der Waals surface area (Å²) in [5, 5.41) is -0.215. The number of carbonyl (C=O) groups excluding carboxylic acids is 2. The maximum absolute atomic E-state index is 13.4. The van der Waals surface area contributed by atoms with E-state index in [4.69, 9.17) is 4.74 Å². The highest BCUT2D eigenvalue weighted by Gasteiger charge is 2.53. The predicted octanol–water partition coefficient (Wildman–Crippen LogP) is 4.13. The maximum atomic E-state index is 13.4. The van der Waals surface area contributed by atoms with Gasteiger partial charge in [0.2, 0.25) is 5.91 Å². The highest BCUT2D eigenvalue weighted by molar-refractivity contribution is 8.00. The van der Waals surface area contributed by atoms with E-state index < -0.39 is 27.3 Å². The van der Waals surface area contributed by atoms with Crippen molar-refractivity contribution in [3.8, 4) is 0 Å². The fourth-order valence-corrected chi connectivity index (χ4v) is 5.58. The molecule has 1 aromatic carbocycles. The van der Waals surface area contributed by atoms with Gasteiger partial charge in [0.05, 0.1) is 17.5 Å². The van der Waals surface area contributed by atoms with Gasteiger partial charge in [-0.05, 0) is 49.0 Å². The molecule has 0 aromatic heterocycles. The summed E-state index contributed by atoms with van der Waals surface area (Å²) in [6.07, 6.45) is 1.62. The van der Waals surface area contributed by atoms with Crippen molar-refractivity contribution in [2.45, 2.75) is 49.9 Å². The predicted molar refractivity (Wildman–Crippen MR) is 115 cm³/mol. The third kappa shape index (κ3) is 5.51. The zero-order valence-electron chi connectivity index (χ0n) is 17.5. The summed E-state index contributed by atoms with van der Waals surface area (Å²) >= 11 is 1.59. The lowest BCUT2D eigenvalue weighted by Crippen LogP contribution is -2.45. The maximum Gasteiger partial charge on any atom is 0.517 e. The largest absolute Gasteiger partial charge is 0.517 e. The Hall–Kier alpha value is -1.95. The van der Waals surface area contributed by atoms with Crippen LogP contribution in [0.5, 0.6) is 0 Å². The molecular weight excluding hydrogens is 469 g/mol. The van der Waals surface area contributed by atoms with E-state index in [1.54, 1.807) is 18.7 Å². The van der Waals surface area contributed by atoms with Gasteiger partial charge in [-0.3, -0.25) is 4.79 Å². The molecule has 12 heteroatoms. The topological polar surface area (TPSA) is 84.0 Å². The van der Waals surface area contributed by atoms with E-state index >= 15 is 0 Å². The molecule has 32 heavy (non-hydrogen) atoms. The average molecular weight is 495 g/mol. The van der Waals surface area contributed by atoms with Crippen LogP contribution in [0.2, 0.25) is 0 Å². The van der Waals surface area contributed by atoms with Crippen LogP contribution in [0.1, 0.15) is 38.2 Å². The second-order valence-electron chi connectivity index (χ2n) is 7.77. The van der Waals surface area contributed by atoms with Crippen LogP contribution >= 0.6 is 11.8 Å². The zero-order chi connectivity index (χ0) is 23.5. The quantitative estimate of drug-likeness (QED) is 0.513. The van der Waals surface area contributed by atoms with Crippen LogP contribution < -0.4 is 4.31 Å². The van der Waals surface area contributed by atoms with E-state index in [1.807, 2.05) is 0 Å². The van der Waals surface area contributed by atoms with Gasteiger partial charge in [-0.15, -0.1) is 11.8 Å². The van der Waals surface area contributed by atoms with Gasteiger partial charge in [0.15, 0.2) is 0 Å². The van der Waals surface area contributed by atoms with E-state index in [0.29, 0.717) is 25.3 Å². The third-order valence-electron chi connectivity index (χ3n) is 5.18. The highest BCUT2D eigenvalue weighted by Crippen LogP contribution is 2.37. The lowest BCUT2D eigenvalue weighted by Gasteiger charge is -2.26. The summed E-state index contributed by atoms with van der Waals surface area (Å²) in [4.78, 5) is 26.6. The van der Waals surface area contributed by atoms with Crippen molar-refractivity contribution >= 4 is 39.5 Å². The number of likely N-dealkylation sites (tertiary alicyclic amines) is 1. The number of para-hydroxylation sites is 1. The Kier molecular flexibility index (Phi) is 7.64. The number of sulfonamides is 1. The van der Waals surface area contributed by atoms with Crippen LogP contribution in [-0.4, -0.2) is 55.0 Å². The number of nitrogens with zero attached hydrogens (tertiary/aromatic N) is 2. The van der Waals surface area contributed by atoms with Gasteiger partial charge >= 0.3 is 21.6 Å². The minimum atomic E-state index is -6.06. The number of hydrogen-bond donors (Lipinski definition) is 0. The van der Waals surface area contributed by atoms with E-state index in [0.717, 1.165) is 11.8 Å². The normalized spacial score (nSPS) is 19.3. The number of benzene rings is 1. The number of anilines is 1. The minimum absolute atomic E-state index is 0.106. The molecule has 1 saturated carbocycles. The molecule has 1 atom stereocenters. The molecule has 1 heterocycles. The molecule has 178 valence electrons. The van der Waals surface area contributed by atoms with Gasteiger partial charge in [-0.1, -0.05) is 25.1 Å². The second-order valence-corrected chi connectivity index (χ2v) is 10.8. The summed E-state index contributed by atoms with van der Waals surface area (Å²) in [7, 11) is -6.06. The van der Waals surface area contributed by atoms with Crippen molar-refractivity contribution in [3.05, 3.63) is 29.8 Å². The first-order valence-corrected chi connectivity index (χ1v) is 12.8. The molecule has 2 aliphatic rings. The number of rotatable bonds is 9. The van der Waals surface area contributed by atoms with Crippen molar-refractivity contribution in [2.24, 2.45) is 5.92 Å². The molecule has 0 radical (unpaired) electrons. The SMILES string of the molecule is CCCOC(=O)N(c1ccccc1CN1CCC(SCC2CC2)C1=O)S(=O)(=O)C(F)(F)F. The first-order valence-electron chi connectivity index (χ1n) is 10.3. The molecule has 2 amide bonds. The van der Waals surface area contributed by atoms with E-state index in [2.05, 4.69) is 0 Å². The summed E-state index contributed by atoms with van der Waals surface area (Å²) in [5.74, 6) is 1.42. The first-order chi connectivity index (χ1) is 15.1. The first kappa shape index (κ1) is 24.7. The monoisotopic (exact) mass is 494 g/mol. The van der Waals surface area contributed by atoms with Crippen molar-refractivity contribution < 1.29 is 35.9 Å². The third-order valence-corrected chi connectivity index (χ3v) is 8.09. The Morgan fingerprint density at radius 3 is 2.56 bits per heavy atom. The number of halogens is 3. The Bertz CT molecular complexity index is 951. The van der Waals surface area contributed by atoms with Crippen LogP contribution in [0.25, 0.3) is 0 Å². The number of thioether (sulfide) groups is 1. The Morgan fingerprint density at radius 2 is 1.94 bits per heavy atom. The van der Waals surface area contributed by atoms with Gasteiger partial charge < -0.3 is 9.64 Å². The summed E-state index contributed by atoms with van der Waals surface area (Å²) in [6, 6.07) is 5.34. The van der Waals surface area contributed by atoms with Crippen molar-refractivity contribution in [3.63, 3.8) is 0 Å². The Morgan fingerprint density at radius 1 is 1.25 bits per heavy atom. The summed E-state index contributed by atoms with van der Waals surface area (Å²) < 4.78 is 68.9. The van der Waals surface area contributed by atoms with Gasteiger partial charge in [0.25, 0.3) is 0 Å². The van der Waals surface area contributed by atoms with Crippen LogP contribution in [0.15, 0.2) is 24.3 Å². The molecule has 1 unspecified atom stereocenters. The molecule has 2 fully saturated rings. The molecule has 1 aromatic rings. The minimum Gasteiger partial charge on any atom is -0.448 e. The summed E-state index contributed by atoms with van der Waals surface area (Å²) in [5.41, 5.74) is -6.08. The average Bonchev–Trinajstić information content (AvgIpc) is 3.49. The molecule has 1 aliphatic heterocycles. The highest BCUT2D eigenvalue weighted by atomic mass is 32.2. The van der Waals surface area contributed by atoms with Crippen LogP contribution in [0, 0.1) is 5.92 Å². The number of hydrogen-bond acceptors (Lipinski definition) is 6. The number of carbonyl (C=O) groups is 2. The van der Waals surface area contributed by atoms with Crippen LogP contribution in [0.4, 0.5) is 23.7 Å². The molecule has 0 N–H and O–H groups in total. The van der Waals surface area contributed by atoms with Gasteiger partial charge in [-0.2, -0.15) is 25.9 Å². The van der Waals surface area contributed by atoms with Crippen molar-refractivity contribution in [2.75, 3.05) is 23.2 Å². The fraction of sp³-hybridized carbons (Fsp3) is 0.600. The smallest absolute Gasteiger partial charge is 0.448 e. The molecule has 0 bridgehead atoms. The van der Waals surface area contributed by atoms with E-state index in [1.165, 1.54) is 35.9 Å². The molecule has 1 saturated heterocycles. The Labute approximate surface area is 189 Å². The number of amides is 2. The number of ether oxygens (including phenoxy) is 1. The molecule has 0 spiro atoms. The standard InChI is InChI=1S/C20H25F3N2O5S2/c1-2-11-30-19(27)25(32(28,29)20(21,22)23)16-6-4-3-5-15(16)12-24-10-9-17(18(24)26)31-13-14-7-8-14/h3-6,14,17H,2,7-13H2,1H3. The molecular formula is C20H25F3N2O5S2. The van der Waals surface area contributed by atoms with E-state index in [-0.39, 0.29) is 34.2 Å². The molecule has 3 rings (SSSR count). The lowest BCUT2D eigenvalue weighted by molar-refractivity contribution is -0.127. The van der Waals surface area contributed by atoms with Crippen molar-refractivity contribution in [1.82, 2.24) is 4.90 Å². The fourth-order valence-electron chi connectivity index (χ4n) is 3.28. The number of alkyl halides is 3.